The van der Waals surface area contributed by atoms with E-state index in [0.29, 0.717) is 28.3 Å². The Labute approximate surface area is 195 Å². The topological polar surface area (TPSA) is 87.7 Å². The summed E-state index contributed by atoms with van der Waals surface area (Å²) in [6, 6.07) is 17.7. The van der Waals surface area contributed by atoms with Crippen LogP contribution in [0.1, 0.15) is 10.8 Å². The molecule has 0 spiro atoms. The smallest absolute Gasteiger partial charge is 0.260 e. The molecule has 0 unspecified atom stereocenters. The predicted octanol–water partition coefficient (Wildman–Crippen LogP) is 4.81. The van der Waals surface area contributed by atoms with Gasteiger partial charge in [0.15, 0.2) is 0 Å². The van der Waals surface area contributed by atoms with Gasteiger partial charge in [-0.1, -0.05) is 42.5 Å². The summed E-state index contributed by atoms with van der Waals surface area (Å²) in [7, 11) is 0. The number of nitrogens with zero attached hydrogens (tertiary/aromatic N) is 2. The molecule has 160 valence electrons. The van der Waals surface area contributed by atoms with Gasteiger partial charge in [0.05, 0.1) is 33.7 Å². The molecule has 3 aromatic heterocycles. The molecular weight excluding hydrogens is 460 g/mol. The molecule has 0 aliphatic heterocycles. The van der Waals surface area contributed by atoms with Crippen LogP contribution in [-0.2, 0) is 17.1 Å². The van der Waals surface area contributed by atoms with E-state index in [1.54, 1.807) is 11.3 Å². The minimum absolute atomic E-state index is 0.0693. The van der Waals surface area contributed by atoms with E-state index in [1.165, 1.54) is 23.1 Å². The Hall–Kier alpha value is -3.01. The van der Waals surface area contributed by atoms with Gasteiger partial charge >= 0.3 is 0 Å². The van der Waals surface area contributed by atoms with Crippen LogP contribution < -0.4 is 10.9 Å². The summed E-state index contributed by atoms with van der Waals surface area (Å²) in [6.45, 7) is 0.414. The minimum Gasteiger partial charge on any atom is -0.349 e. The van der Waals surface area contributed by atoms with Gasteiger partial charge in [0.2, 0.25) is 5.91 Å². The van der Waals surface area contributed by atoms with Crippen molar-refractivity contribution in [2.24, 2.45) is 0 Å². The monoisotopic (exact) mass is 478 g/mol. The Bertz CT molecular complexity index is 1420. The minimum atomic E-state index is -0.147. The quantitative estimate of drug-likeness (QED) is 0.350. The third-order valence-electron chi connectivity index (χ3n) is 4.82. The zero-order valence-electron chi connectivity index (χ0n) is 16.8. The Morgan fingerprint density at radius 1 is 1.06 bits per heavy atom. The molecule has 0 atom stereocenters. The molecule has 0 saturated carbocycles. The first-order valence-electron chi connectivity index (χ1n) is 9.92. The van der Waals surface area contributed by atoms with E-state index < -0.39 is 0 Å². The number of aromatic amines is 1. The molecule has 0 aliphatic carbocycles. The maximum absolute atomic E-state index is 12.7. The highest BCUT2D eigenvalue weighted by molar-refractivity contribution is 7.99. The number of carbonyl (C=O) groups is 1. The molecule has 1 amide bonds. The van der Waals surface area contributed by atoms with Crippen molar-refractivity contribution < 1.29 is 4.79 Å². The average Bonchev–Trinajstić information content (AvgIpc) is 3.42. The number of hydrogen-bond acceptors (Lipinski definition) is 7. The first kappa shape index (κ1) is 20.9. The van der Waals surface area contributed by atoms with Crippen LogP contribution in [-0.4, -0.2) is 26.6 Å². The van der Waals surface area contributed by atoms with Crippen LogP contribution in [0.2, 0.25) is 0 Å². The molecule has 0 saturated heterocycles. The van der Waals surface area contributed by atoms with Crippen molar-refractivity contribution in [3.8, 4) is 11.1 Å². The summed E-state index contributed by atoms with van der Waals surface area (Å²) >= 11 is 4.46. The summed E-state index contributed by atoms with van der Waals surface area (Å²) < 4.78 is 1.11. The molecule has 2 aromatic carbocycles. The molecule has 0 bridgehead atoms. The SMILES string of the molecule is O=C(CSCc1nc2scc(-c3ccccc3)c2c(=O)[nH]1)NCc1nc2ccccc2s1. The lowest BCUT2D eigenvalue weighted by Crippen LogP contribution is -2.24. The second-order valence-corrected chi connectivity index (χ2v) is 10.0. The highest BCUT2D eigenvalue weighted by Gasteiger charge is 2.13. The molecule has 2 N–H and O–H groups in total. The van der Waals surface area contributed by atoms with Crippen LogP contribution in [0.15, 0.2) is 64.8 Å². The molecule has 6 nitrogen and oxygen atoms in total. The van der Waals surface area contributed by atoms with Gasteiger partial charge in [0.1, 0.15) is 15.7 Å². The van der Waals surface area contributed by atoms with Gasteiger partial charge in [0, 0.05) is 10.9 Å². The van der Waals surface area contributed by atoms with Crippen LogP contribution in [0.4, 0.5) is 0 Å². The zero-order chi connectivity index (χ0) is 21.9. The molecule has 9 heteroatoms. The van der Waals surface area contributed by atoms with Gasteiger partial charge in [-0.05, 0) is 17.7 Å². The van der Waals surface area contributed by atoms with E-state index >= 15 is 0 Å². The first-order valence-corrected chi connectivity index (χ1v) is 12.8. The van der Waals surface area contributed by atoms with Crippen molar-refractivity contribution in [2.75, 3.05) is 5.75 Å². The molecular formula is C23H18N4O2S3. The molecule has 0 fully saturated rings. The number of carbonyl (C=O) groups excluding carboxylic acids is 1. The lowest BCUT2D eigenvalue weighted by Gasteiger charge is -2.04. The fourth-order valence-electron chi connectivity index (χ4n) is 3.35. The largest absolute Gasteiger partial charge is 0.349 e. The number of fused-ring (bicyclic) bond motifs is 2. The third-order valence-corrected chi connectivity index (χ3v) is 7.68. The van der Waals surface area contributed by atoms with Crippen molar-refractivity contribution in [3.05, 3.63) is 81.2 Å². The average molecular weight is 479 g/mol. The number of rotatable bonds is 7. The lowest BCUT2D eigenvalue weighted by molar-refractivity contribution is -0.118. The Kier molecular flexibility index (Phi) is 6.02. The van der Waals surface area contributed by atoms with Gasteiger partial charge in [-0.25, -0.2) is 9.97 Å². The second kappa shape index (κ2) is 9.23. The van der Waals surface area contributed by atoms with E-state index in [0.717, 1.165) is 26.4 Å². The van der Waals surface area contributed by atoms with E-state index in [2.05, 4.69) is 20.3 Å². The van der Waals surface area contributed by atoms with Crippen LogP contribution in [0, 0.1) is 0 Å². The molecule has 5 rings (SSSR count). The van der Waals surface area contributed by atoms with Crippen LogP contribution in [0.5, 0.6) is 0 Å². The number of thiophene rings is 1. The van der Waals surface area contributed by atoms with E-state index in [9.17, 15) is 9.59 Å². The van der Waals surface area contributed by atoms with Crippen molar-refractivity contribution in [3.63, 3.8) is 0 Å². The Morgan fingerprint density at radius 2 is 1.88 bits per heavy atom. The van der Waals surface area contributed by atoms with Gasteiger partial charge in [-0.2, -0.15) is 0 Å². The lowest BCUT2D eigenvalue weighted by atomic mass is 10.1. The van der Waals surface area contributed by atoms with Crippen LogP contribution in [0.25, 0.3) is 31.6 Å². The maximum Gasteiger partial charge on any atom is 0.260 e. The number of hydrogen-bond donors (Lipinski definition) is 2. The second-order valence-electron chi connectivity index (χ2n) is 7.05. The highest BCUT2D eigenvalue weighted by atomic mass is 32.2. The summed E-state index contributed by atoms with van der Waals surface area (Å²) in [6.07, 6.45) is 0. The third kappa shape index (κ3) is 4.45. The van der Waals surface area contributed by atoms with Crippen molar-refractivity contribution >= 4 is 60.8 Å². The molecule has 32 heavy (non-hydrogen) atoms. The fraction of sp³-hybridized carbons (Fsp3) is 0.130. The Morgan fingerprint density at radius 3 is 2.72 bits per heavy atom. The van der Waals surface area contributed by atoms with Crippen LogP contribution in [0.3, 0.4) is 0 Å². The van der Waals surface area contributed by atoms with E-state index in [1.807, 2.05) is 60.0 Å². The predicted molar refractivity (Wildman–Crippen MR) is 133 cm³/mol. The van der Waals surface area contributed by atoms with Crippen molar-refractivity contribution in [1.29, 1.82) is 0 Å². The number of H-pyrrole nitrogens is 1. The summed E-state index contributed by atoms with van der Waals surface area (Å²) in [5, 5.41) is 6.37. The maximum atomic E-state index is 12.7. The van der Waals surface area contributed by atoms with Gasteiger partial charge < -0.3 is 10.3 Å². The number of nitrogens with one attached hydrogen (secondary N) is 2. The molecule has 0 aliphatic rings. The first-order chi connectivity index (χ1) is 15.7. The number of benzene rings is 2. The van der Waals surface area contributed by atoms with Gasteiger partial charge in [-0.15, -0.1) is 34.4 Å². The van der Waals surface area contributed by atoms with Gasteiger partial charge in [0.25, 0.3) is 5.56 Å². The number of amides is 1. The zero-order valence-corrected chi connectivity index (χ0v) is 19.3. The Balaban J connectivity index is 1.19. The number of aromatic nitrogens is 3. The highest BCUT2D eigenvalue weighted by Crippen LogP contribution is 2.30. The number of para-hydroxylation sites is 1. The molecule has 5 aromatic rings. The fourth-order valence-corrected chi connectivity index (χ4v) is 5.95. The van der Waals surface area contributed by atoms with Crippen LogP contribution >= 0.6 is 34.4 Å². The van der Waals surface area contributed by atoms with Crippen molar-refractivity contribution in [1.82, 2.24) is 20.3 Å². The van der Waals surface area contributed by atoms with Crippen molar-refractivity contribution in [2.45, 2.75) is 12.3 Å². The van der Waals surface area contributed by atoms with Gasteiger partial charge in [-0.3, -0.25) is 9.59 Å². The molecule has 3 heterocycles. The standard InChI is InChI=1S/C23H18N4O2S3/c28-19(24-10-20-25-16-8-4-5-9-17(16)32-20)13-30-12-18-26-22(29)21-15(11-31-23(21)27-18)14-6-2-1-3-7-14/h1-9,11H,10,12-13H2,(H,24,28)(H,26,27,29). The summed E-state index contributed by atoms with van der Waals surface area (Å²) in [4.78, 5) is 37.6. The van der Waals surface area contributed by atoms with E-state index in [-0.39, 0.29) is 17.2 Å². The van der Waals surface area contributed by atoms with E-state index in [4.69, 9.17) is 0 Å². The molecule has 0 radical (unpaired) electrons. The normalized spacial score (nSPS) is 11.2. The summed E-state index contributed by atoms with van der Waals surface area (Å²) in [5.74, 6) is 1.25. The number of thiazole rings is 1. The summed E-state index contributed by atoms with van der Waals surface area (Å²) in [5.41, 5.74) is 2.70. The number of thioether (sulfide) groups is 1.